The highest BCUT2D eigenvalue weighted by Crippen LogP contribution is 2.11. The van der Waals surface area contributed by atoms with Gasteiger partial charge >= 0.3 is 0 Å². The predicted octanol–water partition coefficient (Wildman–Crippen LogP) is 1.12. The molecule has 2 N–H and O–H groups in total. The molecule has 1 aromatic carbocycles. The molecule has 4 heteroatoms. The lowest BCUT2D eigenvalue weighted by atomic mass is 10.2. The third-order valence-electron chi connectivity index (χ3n) is 2.99. The minimum atomic E-state index is 0.0888. The molecule has 1 aliphatic heterocycles. The quantitative estimate of drug-likeness (QED) is 0.822. The maximum atomic E-state index is 5.66. The summed E-state index contributed by atoms with van der Waals surface area (Å²) in [5.41, 5.74) is 1.23. The van der Waals surface area contributed by atoms with E-state index in [0.717, 1.165) is 25.4 Å². The fourth-order valence-corrected chi connectivity index (χ4v) is 1.92. The van der Waals surface area contributed by atoms with Crippen molar-refractivity contribution in [3.63, 3.8) is 0 Å². The van der Waals surface area contributed by atoms with Gasteiger partial charge in [-0.05, 0) is 24.6 Å². The number of benzene rings is 1. The predicted molar refractivity (Wildman–Crippen MR) is 67.0 cm³/mol. The molecular formula is C13H20N2O2. The number of rotatable bonds is 4. The van der Waals surface area contributed by atoms with Gasteiger partial charge in [0.15, 0.2) is 0 Å². The SMILES string of the molecule is COc1ccc(CNC2OCCNC2C)cc1. The second-order valence-electron chi connectivity index (χ2n) is 4.26. The van der Waals surface area contributed by atoms with Crippen LogP contribution in [0, 0.1) is 0 Å². The monoisotopic (exact) mass is 236 g/mol. The van der Waals surface area contributed by atoms with Gasteiger partial charge in [0, 0.05) is 19.1 Å². The van der Waals surface area contributed by atoms with Crippen LogP contribution in [0.3, 0.4) is 0 Å². The molecular weight excluding hydrogens is 216 g/mol. The minimum absolute atomic E-state index is 0.0888. The zero-order chi connectivity index (χ0) is 12.1. The Morgan fingerprint density at radius 2 is 2.18 bits per heavy atom. The fraction of sp³-hybridized carbons (Fsp3) is 0.538. The average Bonchev–Trinajstić information content (AvgIpc) is 2.38. The number of ether oxygens (including phenoxy) is 2. The molecule has 4 nitrogen and oxygen atoms in total. The lowest BCUT2D eigenvalue weighted by Crippen LogP contribution is -2.53. The molecule has 2 unspecified atom stereocenters. The Bertz CT molecular complexity index is 340. The fourth-order valence-electron chi connectivity index (χ4n) is 1.92. The van der Waals surface area contributed by atoms with Gasteiger partial charge in [0.05, 0.1) is 13.7 Å². The van der Waals surface area contributed by atoms with Crippen LogP contribution >= 0.6 is 0 Å². The molecule has 17 heavy (non-hydrogen) atoms. The lowest BCUT2D eigenvalue weighted by Gasteiger charge is -2.31. The van der Waals surface area contributed by atoms with Crippen LogP contribution in [-0.2, 0) is 11.3 Å². The second-order valence-corrected chi connectivity index (χ2v) is 4.26. The van der Waals surface area contributed by atoms with E-state index in [4.69, 9.17) is 9.47 Å². The van der Waals surface area contributed by atoms with Crippen molar-refractivity contribution in [2.75, 3.05) is 20.3 Å². The summed E-state index contributed by atoms with van der Waals surface area (Å²) in [4.78, 5) is 0. The minimum Gasteiger partial charge on any atom is -0.497 e. The van der Waals surface area contributed by atoms with Crippen molar-refractivity contribution in [3.8, 4) is 5.75 Å². The molecule has 1 fully saturated rings. The van der Waals surface area contributed by atoms with Crippen molar-refractivity contribution in [2.45, 2.75) is 25.7 Å². The largest absolute Gasteiger partial charge is 0.497 e. The first kappa shape index (κ1) is 12.4. The molecule has 0 saturated carbocycles. The van der Waals surface area contributed by atoms with Crippen molar-refractivity contribution in [1.82, 2.24) is 10.6 Å². The van der Waals surface area contributed by atoms with Crippen LogP contribution in [-0.4, -0.2) is 32.5 Å². The zero-order valence-corrected chi connectivity index (χ0v) is 10.4. The van der Waals surface area contributed by atoms with Gasteiger partial charge in [0.1, 0.15) is 12.0 Å². The van der Waals surface area contributed by atoms with Gasteiger partial charge in [-0.15, -0.1) is 0 Å². The summed E-state index contributed by atoms with van der Waals surface area (Å²) in [5.74, 6) is 0.887. The van der Waals surface area contributed by atoms with E-state index < -0.39 is 0 Å². The van der Waals surface area contributed by atoms with Crippen molar-refractivity contribution in [2.24, 2.45) is 0 Å². The van der Waals surface area contributed by atoms with E-state index in [9.17, 15) is 0 Å². The van der Waals surface area contributed by atoms with Crippen molar-refractivity contribution in [1.29, 1.82) is 0 Å². The van der Waals surface area contributed by atoms with Crippen LogP contribution in [0.4, 0.5) is 0 Å². The number of hydrogen-bond acceptors (Lipinski definition) is 4. The first-order valence-corrected chi connectivity index (χ1v) is 6.01. The normalized spacial score (nSPS) is 24.6. The number of morpholine rings is 1. The van der Waals surface area contributed by atoms with E-state index in [1.165, 1.54) is 5.56 Å². The Balaban J connectivity index is 1.84. The maximum absolute atomic E-state index is 5.66. The van der Waals surface area contributed by atoms with E-state index in [-0.39, 0.29) is 6.23 Å². The van der Waals surface area contributed by atoms with Crippen LogP contribution < -0.4 is 15.4 Å². The Morgan fingerprint density at radius 1 is 1.41 bits per heavy atom. The van der Waals surface area contributed by atoms with E-state index in [1.54, 1.807) is 7.11 Å². The molecule has 1 saturated heterocycles. The smallest absolute Gasteiger partial charge is 0.123 e. The Labute approximate surface area is 102 Å². The molecule has 2 atom stereocenters. The molecule has 1 aliphatic rings. The Hall–Kier alpha value is -1.10. The summed E-state index contributed by atoms with van der Waals surface area (Å²) < 4.78 is 10.8. The molecule has 2 rings (SSSR count). The molecule has 0 bridgehead atoms. The molecule has 94 valence electrons. The summed E-state index contributed by atoms with van der Waals surface area (Å²) in [6, 6.07) is 8.42. The van der Waals surface area contributed by atoms with Crippen LogP contribution in [0.2, 0.25) is 0 Å². The van der Waals surface area contributed by atoms with Crippen molar-refractivity contribution < 1.29 is 9.47 Å². The van der Waals surface area contributed by atoms with Crippen LogP contribution in [0.25, 0.3) is 0 Å². The first-order valence-electron chi connectivity index (χ1n) is 6.01. The van der Waals surface area contributed by atoms with Gasteiger partial charge in [-0.2, -0.15) is 0 Å². The van der Waals surface area contributed by atoms with Gasteiger partial charge in [-0.3, -0.25) is 5.32 Å². The maximum Gasteiger partial charge on any atom is 0.123 e. The molecule has 1 aromatic rings. The summed E-state index contributed by atoms with van der Waals surface area (Å²) in [7, 11) is 1.68. The molecule has 1 heterocycles. The van der Waals surface area contributed by atoms with Gasteiger partial charge in [0.2, 0.25) is 0 Å². The Kier molecular flexibility index (Phi) is 4.36. The number of hydrogen-bond donors (Lipinski definition) is 2. The molecule has 0 radical (unpaired) electrons. The van der Waals surface area contributed by atoms with Crippen molar-refractivity contribution in [3.05, 3.63) is 29.8 Å². The molecule has 0 aromatic heterocycles. The third kappa shape index (κ3) is 3.43. The molecule has 0 amide bonds. The highest BCUT2D eigenvalue weighted by Gasteiger charge is 2.20. The third-order valence-corrected chi connectivity index (χ3v) is 2.99. The Morgan fingerprint density at radius 3 is 2.82 bits per heavy atom. The van der Waals surface area contributed by atoms with Crippen LogP contribution in [0.1, 0.15) is 12.5 Å². The summed E-state index contributed by atoms with van der Waals surface area (Å²) >= 11 is 0. The highest BCUT2D eigenvalue weighted by atomic mass is 16.5. The topological polar surface area (TPSA) is 42.5 Å². The number of methoxy groups -OCH3 is 1. The number of nitrogens with one attached hydrogen (secondary N) is 2. The van der Waals surface area contributed by atoms with Gasteiger partial charge in [-0.25, -0.2) is 0 Å². The summed E-state index contributed by atoms with van der Waals surface area (Å²) in [6.07, 6.45) is 0.0888. The zero-order valence-electron chi connectivity index (χ0n) is 10.4. The van der Waals surface area contributed by atoms with Gasteiger partial charge in [0.25, 0.3) is 0 Å². The second kappa shape index (κ2) is 6.00. The standard InChI is InChI=1S/C13H20N2O2/c1-10-13(17-8-7-14-10)15-9-11-3-5-12(16-2)6-4-11/h3-6,10,13-15H,7-9H2,1-2H3. The van der Waals surface area contributed by atoms with Crippen molar-refractivity contribution >= 4 is 0 Å². The van der Waals surface area contributed by atoms with Crippen LogP contribution in [0.15, 0.2) is 24.3 Å². The van der Waals surface area contributed by atoms with E-state index >= 15 is 0 Å². The van der Waals surface area contributed by atoms with E-state index in [2.05, 4.69) is 29.7 Å². The van der Waals surface area contributed by atoms with Crippen LogP contribution in [0.5, 0.6) is 5.75 Å². The van der Waals surface area contributed by atoms with E-state index in [1.807, 2.05) is 12.1 Å². The lowest BCUT2D eigenvalue weighted by molar-refractivity contribution is -0.0208. The highest BCUT2D eigenvalue weighted by molar-refractivity contribution is 5.27. The summed E-state index contributed by atoms with van der Waals surface area (Å²) in [5, 5.41) is 6.78. The summed E-state index contributed by atoms with van der Waals surface area (Å²) in [6.45, 7) is 4.64. The molecule has 0 aliphatic carbocycles. The molecule has 0 spiro atoms. The average molecular weight is 236 g/mol. The van der Waals surface area contributed by atoms with Gasteiger partial charge in [-0.1, -0.05) is 12.1 Å². The first-order chi connectivity index (χ1) is 8.29. The van der Waals surface area contributed by atoms with E-state index in [0.29, 0.717) is 6.04 Å². The van der Waals surface area contributed by atoms with Gasteiger partial charge < -0.3 is 14.8 Å².